The number of hydrogen-bond donors (Lipinski definition) is 2. The van der Waals surface area contributed by atoms with Crippen LogP contribution < -0.4 is 11.1 Å². The summed E-state index contributed by atoms with van der Waals surface area (Å²) in [6.07, 6.45) is 0.118. The van der Waals surface area contributed by atoms with Gasteiger partial charge in [-0.3, -0.25) is 9.59 Å². The van der Waals surface area contributed by atoms with Crippen molar-refractivity contribution in [1.82, 2.24) is 5.32 Å². The minimum Gasteiger partial charge on any atom is -0.469 e. The molecule has 5 nitrogen and oxygen atoms in total. The molecule has 1 aromatic carbocycles. The molecule has 104 valence electrons. The minimum atomic E-state index is -1.13. The van der Waals surface area contributed by atoms with E-state index in [4.69, 9.17) is 5.73 Å². The van der Waals surface area contributed by atoms with Gasteiger partial charge in [0.15, 0.2) is 0 Å². The Morgan fingerprint density at radius 1 is 1.37 bits per heavy atom. The van der Waals surface area contributed by atoms with Crippen LogP contribution in [0.4, 0.5) is 0 Å². The van der Waals surface area contributed by atoms with Crippen molar-refractivity contribution < 1.29 is 14.3 Å². The number of rotatable bonds is 5. The van der Waals surface area contributed by atoms with Gasteiger partial charge in [0.25, 0.3) is 0 Å². The van der Waals surface area contributed by atoms with Crippen molar-refractivity contribution >= 4 is 11.9 Å². The maximum absolute atomic E-state index is 12.2. The molecule has 1 amide bonds. The van der Waals surface area contributed by atoms with Crippen LogP contribution in [0.1, 0.15) is 25.8 Å². The van der Waals surface area contributed by atoms with Crippen molar-refractivity contribution in [2.24, 2.45) is 5.73 Å². The zero-order valence-corrected chi connectivity index (χ0v) is 11.5. The van der Waals surface area contributed by atoms with Gasteiger partial charge < -0.3 is 15.8 Å². The van der Waals surface area contributed by atoms with E-state index < -0.39 is 5.54 Å². The number of carbonyl (C=O) groups is 2. The number of amides is 1. The Balaban J connectivity index is 2.69. The summed E-state index contributed by atoms with van der Waals surface area (Å²) >= 11 is 0. The lowest BCUT2D eigenvalue weighted by Gasteiger charge is -2.26. The SMILES string of the molecule is COC(=O)CC(C)NC(=O)C(C)(N)c1ccccc1. The molecule has 0 fully saturated rings. The Hall–Kier alpha value is -1.88. The summed E-state index contributed by atoms with van der Waals surface area (Å²) in [5.74, 6) is -0.693. The van der Waals surface area contributed by atoms with E-state index in [1.165, 1.54) is 7.11 Å². The average Bonchev–Trinajstić information content (AvgIpc) is 2.39. The molecule has 1 rings (SSSR count). The van der Waals surface area contributed by atoms with Gasteiger partial charge in [-0.1, -0.05) is 30.3 Å². The van der Waals surface area contributed by atoms with Crippen LogP contribution in [-0.2, 0) is 19.9 Å². The predicted molar refractivity (Wildman–Crippen MR) is 72.2 cm³/mol. The van der Waals surface area contributed by atoms with E-state index in [0.29, 0.717) is 0 Å². The van der Waals surface area contributed by atoms with Gasteiger partial charge in [-0.25, -0.2) is 0 Å². The van der Waals surface area contributed by atoms with E-state index in [1.54, 1.807) is 26.0 Å². The third-order valence-corrected chi connectivity index (χ3v) is 2.92. The van der Waals surface area contributed by atoms with Gasteiger partial charge in [0.2, 0.25) is 5.91 Å². The normalized spacial score (nSPS) is 15.2. The van der Waals surface area contributed by atoms with Gasteiger partial charge >= 0.3 is 5.97 Å². The van der Waals surface area contributed by atoms with E-state index in [9.17, 15) is 9.59 Å². The van der Waals surface area contributed by atoms with Gasteiger partial charge in [-0.15, -0.1) is 0 Å². The average molecular weight is 264 g/mol. The summed E-state index contributed by atoms with van der Waals surface area (Å²) in [4.78, 5) is 23.3. The third kappa shape index (κ3) is 4.06. The summed E-state index contributed by atoms with van der Waals surface area (Å²) in [6.45, 7) is 3.37. The predicted octanol–water partition coefficient (Wildman–Crippen LogP) is 0.928. The van der Waals surface area contributed by atoms with Crippen molar-refractivity contribution in [3.05, 3.63) is 35.9 Å². The van der Waals surface area contributed by atoms with Crippen LogP contribution in [0, 0.1) is 0 Å². The lowest BCUT2D eigenvalue weighted by molar-refractivity contribution is -0.141. The zero-order chi connectivity index (χ0) is 14.5. The van der Waals surface area contributed by atoms with E-state index in [1.807, 2.05) is 18.2 Å². The molecule has 2 unspecified atom stereocenters. The molecule has 0 aliphatic carbocycles. The number of methoxy groups -OCH3 is 1. The molecule has 5 heteroatoms. The fraction of sp³-hybridized carbons (Fsp3) is 0.429. The highest BCUT2D eigenvalue weighted by molar-refractivity contribution is 5.87. The quantitative estimate of drug-likeness (QED) is 0.775. The maximum Gasteiger partial charge on any atom is 0.307 e. The molecule has 0 aromatic heterocycles. The summed E-state index contributed by atoms with van der Waals surface area (Å²) in [5.41, 5.74) is 5.65. The Bertz CT molecular complexity index is 443. The molecule has 0 aliphatic heterocycles. The van der Waals surface area contributed by atoms with Crippen LogP contribution in [0.2, 0.25) is 0 Å². The molecular formula is C14H20N2O3. The second-order valence-corrected chi connectivity index (χ2v) is 4.72. The molecular weight excluding hydrogens is 244 g/mol. The number of ether oxygens (including phenoxy) is 1. The van der Waals surface area contributed by atoms with E-state index >= 15 is 0 Å². The van der Waals surface area contributed by atoms with Crippen LogP contribution in [-0.4, -0.2) is 25.0 Å². The van der Waals surface area contributed by atoms with Crippen LogP contribution in [0.3, 0.4) is 0 Å². The fourth-order valence-electron chi connectivity index (χ4n) is 1.67. The van der Waals surface area contributed by atoms with Crippen LogP contribution in [0.25, 0.3) is 0 Å². The van der Waals surface area contributed by atoms with Crippen LogP contribution in [0.15, 0.2) is 30.3 Å². The molecule has 0 radical (unpaired) electrons. The lowest BCUT2D eigenvalue weighted by atomic mass is 9.92. The monoisotopic (exact) mass is 264 g/mol. The fourth-order valence-corrected chi connectivity index (χ4v) is 1.67. The first-order valence-electron chi connectivity index (χ1n) is 6.10. The van der Waals surface area contributed by atoms with Crippen LogP contribution in [0.5, 0.6) is 0 Å². The molecule has 19 heavy (non-hydrogen) atoms. The Labute approximate surface area is 113 Å². The van der Waals surface area contributed by atoms with E-state index in [0.717, 1.165) is 5.56 Å². The first kappa shape index (κ1) is 15.2. The molecule has 0 spiro atoms. The summed E-state index contributed by atoms with van der Waals surface area (Å²) in [6, 6.07) is 8.77. The second-order valence-electron chi connectivity index (χ2n) is 4.72. The summed E-state index contributed by atoms with van der Waals surface area (Å²) in [7, 11) is 1.31. The summed E-state index contributed by atoms with van der Waals surface area (Å²) in [5, 5.41) is 2.72. The van der Waals surface area contributed by atoms with Crippen molar-refractivity contribution in [1.29, 1.82) is 0 Å². The Morgan fingerprint density at radius 2 is 1.95 bits per heavy atom. The highest BCUT2D eigenvalue weighted by Gasteiger charge is 2.31. The van der Waals surface area contributed by atoms with Crippen molar-refractivity contribution in [3.63, 3.8) is 0 Å². The van der Waals surface area contributed by atoms with Crippen molar-refractivity contribution in [2.75, 3.05) is 7.11 Å². The van der Waals surface area contributed by atoms with Gasteiger partial charge in [-0.2, -0.15) is 0 Å². The zero-order valence-electron chi connectivity index (χ0n) is 11.5. The maximum atomic E-state index is 12.2. The third-order valence-electron chi connectivity index (χ3n) is 2.92. The molecule has 0 saturated heterocycles. The number of esters is 1. The number of nitrogens with one attached hydrogen (secondary N) is 1. The van der Waals surface area contributed by atoms with Gasteiger partial charge in [0.1, 0.15) is 5.54 Å². The molecule has 0 saturated carbocycles. The summed E-state index contributed by atoms with van der Waals surface area (Å²) < 4.78 is 4.55. The Morgan fingerprint density at radius 3 is 2.47 bits per heavy atom. The standard InChI is InChI=1S/C14H20N2O3/c1-10(9-12(17)19-3)16-13(18)14(2,15)11-7-5-4-6-8-11/h4-8,10H,9,15H2,1-3H3,(H,16,18). The van der Waals surface area contributed by atoms with Gasteiger partial charge in [-0.05, 0) is 19.4 Å². The highest BCUT2D eigenvalue weighted by atomic mass is 16.5. The lowest BCUT2D eigenvalue weighted by Crippen LogP contribution is -2.51. The van der Waals surface area contributed by atoms with E-state index in [-0.39, 0.29) is 24.3 Å². The van der Waals surface area contributed by atoms with Crippen LogP contribution >= 0.6 is 0 Å². The van der Waals surface area contributed by atoms with Gasteiger partial charge in [0.05, 0.1) is 13.5 Å². The van der Waals surface area contributed by atoms with Gasteiger partial charge in [0, 0.05) is 6.04 Å². The minimum absolute atomic E-state index is 0.118. The molecule has 2 atom stereocenters. The number of nitrogens with two attached hydrogens (primary N) is 1. The first-order chi connectivity index (χ1) is 8.87. The molecule has 0 aliphatic rings. The number of hydrogen-bond acceptors (Lipinski definition) is 4. The smallest absolute Gasteiger partial charge is 0.307 e. The van der Waals surface area contributed by atoms with E-state index in [2.05, 4.69) is 10.1 Å². The largest absolute Gasteiger partial charge is 0.469 e. The Kier molecular flexibility index (Phi) is 5.06. The second kappa shape index (κ2) is 6.33. The van der Waals surface area contributed by atoms with Crippen molar-refractivity contribution in [3.8, 4) is 0 Å². The topological polar surface area (TPSA) is 81.4 Å². The van der Waals surface area contributed by atoms with Crippen molar-refractivity contribution in [2.45, 2.75) is 31.8 Å². The highest BCUT2D eigenvalue weighted by Crippen LogP contribution is 2.17. The molecule has 0 heterocycles. The molecule has 0 bridgehead atoms. The first-order valence-corrected chi connectivity index (χ1v) is 6.10. The molecule has 1 aromatic rings. The molecule has 3 N–H and O–H groups in total. The number of carbonyl (C=O) groups excluding carboxylic acids is 2. The number of benzene rings is 1.